The smallest absolute Gasteiger partial charge is 0.203 e. The lowest BCUT2D eigenvalue weighted by Gasteiger charge is -2.07. The van der Waals surface area contributed by atoms with Gasteiger partial charge in [-0.05, 0) is 6.92 Å². The van der Waals surface area contributed by atoms with Crippen molar-refractivity contribution in [3.05, 3.63) is 18.7 Å². The summed E-state index contributed by atoms with van der Waals surface area (Å²) >= 11 is 0. The number of aromatic nitrogens is 4. The predicted octanol–water partition coefficient (Wildman–Crippen LogP) is -0.0830. The van der Waals surface area contributed by atoms with Crippen molar-refractivity contribution in [1.82, 2.24) is 19.6 Å². The van der Waals surface area contributed by atoms with Gasteiger partial charge in [-0.2, -0.15) is 0 Å². The zero-order valence-corrected chi connectivity index (χ0v) is 7.75. The third-order valence-corrected chi connectivity index (χ3v) is 1.78. The summed E-state index contributed by atoms with van der Waals surface area (Å²) in [6.07, 6.45) is 4.61. The van der Waals surface area contributed by atoms with Crippen LogP contribution in [0.25, 0.3) is 5.65 Å². The molecule has 0 aliphatic carbocycles. The minimum Gasteiger partial charge on any atom is -0.392 e. The van der Waals surface area contributed by atoms with Crippen LogP contribution in [0.3, 0.4) is 0 Å². The Labute approximate surface area is 80.6 Å². The summed E-state index contributed by atoms with van der Waals surface area (Å²) in [5.74, 6) is 0.630. The summed E-state index contributed by atoms with van der Waals surface area (Å²) in [5.41, 5.74) is 0.660. The highest BCUT2D eigenvalue weighted by Crippen LogP contribution is 2.08. The second kappa shape index (κ2) is 3.59. The van der Waals surface area contributed by atoms with Gasteiger partial charge in [0, 0.05) is 18.9 Å². The van der Waals surface area contributed by atoms with Crippen LogP contribution < -0.4 is 5.32 Å². The Hall–Kier alpha value is -1.69. The van der Waals surface area contributed by atoms with E-state index >= 15 is 0 Å². The van der Waals surface area contributed by atoms with Crippen LogP contribution in [0.1, 0.15) is 6.92 Å². The Kier molecular flexibility index (Phi) is 2.28. The van der Waals surface area contributed by atoms with Crippen LogP contribution in [0.2, 0.25) is 0 Å². The fraction of sp³-hybridized carbons (Fsp3) is 0.375. The number of fused-ring (bicyclic) bond motifs is 1. The van der Waals surface area contributed by atoms with Gasteiger partial charge in [0.05, 0.1) is 6.10 Å². The fourth-order valence-electron chi connectivity index (χ4n) is 1.13. The van der Waals surface area contributed by atoms with E-state index in [0.717, 1.165) is 0 Å². The van der Waals surface area contributed by atoms with Gasteiger partial charge in [0.2, 0.25) is 5.65 Å². The van der Waals surface area contributed by atoms with Gasteiger partial charge in [0.1, 0.15) is 6.33 Å². The first-order chi connectivity index (χ1) is 6.77. The van der Waals surface area contributed by atoms with Gasteiger partial charge in [-0.3, -0.25) is 4.40 Å². The van der Waals surface area contributed by atoms with E-state index in [-0.39, 0.29) is 0 Å². The van der Waals surface area contributed by atoms with Crippen molar-refractivity contribution in [2.75, 3.05) is 11.9 Å². The van der Waals surface area contributed by atoms with Crippen molar-refractivity contribution in [1.29, 1.82) is 0 Å². The Balaban J connectivity index is 2.27. The maximum atomic E-state index is 9.10. The van der Waals surface area contributed by atoms with E-state index in [9.17, 15) is 0 Å². The average Bonchev–Trinajstić information content (AvgIpc) is 2.62. The van der Waals surface area contributed by atoms with E-state index < -0.39 is 6.10 Å². The predicted molar refractivity (Wildman–Crippen MR) is 51.0 cm³/mol. The number of nitrogens with zero attached hydrogens (tertiary/aromatic N) is 4. The summed E-state index contributed by atoms with van der Waals surface area (Å²) < 4.78 is 1.76. The number of anilines is 1. The summed E-state index contributed by atoms with van der Waals surface area (Å²) in [5, 5.41) is 19.8. The highest BCUT2D eigenvalue weighted by molar-refractivity contribution is 5.61. The first-order valence-electron chi connectivity index (χ1n) is 4.33. The first kappa shape index (κ1) is 8.89. The Morgan fingerprint density at radius 2 is 2.50 bits per heavy atom. The van der Waals surface area contributed by atoms with Gasteiger partial charge in [0.15, 0.2) is 5.82 Å². The molecule has 0 bridgehead atoms. The zero-order valence-electron chi connectivity index (χ0n) is 7.75. The van der Waals surface area contributed by atoms with Crippen molar-refractivity contribution in [3.63, 3.8) is 0 Å². The lowest BCUT2D eigenvalue weighted by atomic mass is 10.4. The maximum absolute atomic E-state index is 9.10. The van der Waals surface area contributed by atoms with Crippen LogP contribution in [-0.2, 0) is 0 Å². The zero-order chi connectivity index (χ0) is 9.97. The minimum atomic E-state index is -0.417. The van der Waals surface area contributed by atoms with Crippen LogP contribution in [0.15, 0.2) is 18.7 Å². The number of nitrogens with one attached hydrogen (secondary N) is 1. The standard InChI is InChI=1S/C8H11N5O/c1-6(14)4-10-7-8-12-11-5-13(8)3-2-9-7/h2-3,5-6,14H,4H2,1H3,(H,9,10). The molecule has 2 N–H and O–H groups in total. The molecule has 6 nitrogen and oxygen atoms in total. The Morgan fingerprint density at radius 1 is 1.64 bits per heavy atom. The van der Waals surface area contributed by atoms with E-state index in [2.05, 4.69) is 20.5 Å². The molecule has 6 heteroatoms. The number of rotatable bonds is 3. The van der Waals surface area contributed by atoms with Crippen molar-refractivity contribution >= 4 is 11.5 Å². The summed E-state index contributed by atoms with van der Waals surface area (Å²) in [7, 11) is 0. The molecule has 1 unspecified atom stereocenters. The average molecular weight is 193 g/mol. The summed E-state index contributed by atoms with van der Waals surface area (Å²) in [4.78, 5) is 4.11. The van der Waals surface area contributed by atoms with Crippen molar-refractivity contribution in [3.8, 4) is 0 Å². The SMILES string of the molecule is CC(O)CNc1nccn2cnnc12. The molecule has 0 spiro atoms. The van der Waals surface area contributed by atoms with Crippen molar-refractivity contribution < 1.29 is 5.11 Å². The van der Waals surface area contributed by atoms with E-state index in [1.165, 1.54) is 0 Å². The number of aliphatic hydroxyl groups excluding tert-OH is 1. The molecule has 0 aromatic carbocycles. The quantitative estimate of drug-likeness (QED) is 0.713. The molecule has 0 aliphatic rings. The number of hydrogen-bond acceptors (Lipinski definition) is 5. The van der Waals surface area contributed by atoms with Gasteiger partial charge in [-0.15, -0.1) is 10.2 Å². The van der Waals surface area contributed by atoms with Gasteiger partial charge in [-0.25, -0.2) is 4.98 Å². The molecule has 1 atom stereocenters. The monoisotopic (exact) mass is 193 g/mol. The second-order valence-electron chi connectivity index (χ2n) is 3.07. The lowest BCUT2D eigenvalue weighted by molar-refractivity contribution is 0.208. The van der Waals surface area contributed by atoms with Gasteiger partial charge in [-0.1, -0.05) is 0 Å². The summed E-state index contributed by atoms with van der Waals surface area (Å²) in [6, 6.07) is 0. The van der Waals surface area contributed by atoms with Crippen LogP contribution in [0.5, 0.6) is 0 Å². The van der Waals surface area contributed by atoms with E-state index in [4.69, 9.17) is 5.11 Å². The molecule has 0 aliphatic heterocycles. The van der Waals surface area contributed by atoms with Gasteiger partial charge < -0.3 is 10.4 Å². The third kappa shape index (κ3) is 1.64. The van der Waals surface area contributed by atoms with Gasteiger partial charge in [0.25, 0.3) is 0 Å². The molecule has 2 heterocycles. The highest BCUT2D eigenvalue weighted by atomic mass is 16.3. The largest absolute Gasteiger partial charge is 0.392 e. The highest BCUT2D eigenvalue weighted by Gasteiger charge is 2.04. The molecule has 0 saturated heterocycles. The molecular formula is C8H11N5O. The Bertz CT molecular complexity index is 424. The molecule has 0 radical (unpaired) electrons. The van der Waals surface area contributed by atoms with Crippen LogP contribution >= 0.6 is 0 Å². The lowest BCUT2D eigenvalue weighted by Crippen LogP contribution is -2.16. The van der Waals surface area contributed by atoms with Crippen LogP contribution in [0, 0.1) is 0 Å². The van der Waals surface area contributed by atoms with Crippen LogP contribution in [0.4, 0.5) is 5.82 Å². The normalized spacial score (nSPS) is 13.0. The molecule has 0 saturated carbocycles. The third-order valence-electron chi connectivity index (χ3n) is 1.78. The molecular weight excluding hydrogens is 182 g/mol. The molecule has 2 aromatic heterocycles. The van der Waals surface area contributed by atoms with Crippen molar-refractivity contribution in [2.24, 2.45) is 0 Å². The Morgan fingerprint density at radius 3 is 3.29 bits per heavy atom. The second-order valence-corrected chi connectivity index (χ2v) is 3.07. The van der Waals surface area contributed by atoms with Crippen molar-refractivity contribution in [2.45, 2.75) is 13.0 Å². The topological polar surface area (TPSA) is 75.3 Å². The maximum Gasteiger partial charge on any atom is 0.203 e. The fourth-order valence-corrected chi connectivity index (χ4v) is 1.13. The number of aliphatic hydroxyl groups is 1. The minimum absolute atomic E-state index is 0.417. The number of hydrogen-bond donors (Lipinski definition) is 2. The molecule has 14 heavy (non-hydrogen) atoms. The van der Waals surface area contributed by atoms with E-state index in [1.807, 2.05) is 0 Å². The summed E-state index contributed by atoms with van der Waals surface area (Å²) in [6.45, 7) is 2.15. The molecule has 2 aromatic rings. The molecule has 74 valence electrons. The van der Waals surface area contributed by atoms with E-state index in [1.54, 1.807) is 30.0 Å². The molecule has 0 amide bonds. The molecule has 0 fully saturated rings. The van der Waals surface area contributed by atoms with E-state index in [0.29, 0.717) is 18.0 Å². The molecule has 2 rings (SSSR count). The van der Waals surface area contributed by atoms with Crippen LogP contribution in [-0.4, -0.2) is 37.3 Å². The first-order valence-corrected chi connectivity index (χ1v) is 4.33. The van der Waals surface area contributed by atoms with Gasteiger partial charge >= 0.3 is 0 Å².